The summed E-state index contributed by atoms with van der Waals surface area (Å²) in [5.41, 5.74) is 0.456. The summed E-state index contributed by atoms with van der Waals surface area (Å²) in [6.45, 7) is 0.645. The van der Waals surface area contributed by atoms with Crippen LogP contribution in [0.25, 0.3) is 0 Å². The summed E-state index contributed by atoms with van der Waals surface area (Å²) in [7, 11) is 3.03. The van der Waals surface area contributed by atoms with E-state index in [1.165, 1.54) is 19.2 Å². The van der Waals surface area contributed by atoms with Gasteiger partial charge in [0, 0.05) is 0 Å². The molecule has 1 aromatic rings. The molecule has 0 aliphatic rings. The molecule has 0 bridgehead atoms. The van der Waals surface area contributed by atoms with Crippen LogP contribution >= 0.6 is 0 Å². The molecule has 0 aliphatic carbocycles. The highest BCUT2D eigenvalue weighted by atomic mass is 19.1. The minimum atomic E-state index is -0.668. The summed E-state index contributed by atoms with van der Waals surface area (Å²) >= 11 is 0. The Bertz CT molecular complexity index is 315. The first kappa shape index (κ1) is 10.9. The molecular formula is C10H13F2NO. The molecule has 2 nitrogen and oxygen atoms in total. The van der Waals surface area contributed by atoms with Gasteiger partial charge in [0.1, 0.15) is 0 Å². The zero-order valence-electron chi connectivity index (χ0n) is 8.23. The Morgan fingerprint density at radius 1 is 1.36 bits per heavy atom. The van der Waals surface area contributed by atoms with E-state index in [1.54, 1.807) is 7.05 Å². The highest BCUT2D eigenvalue weighted by molar-refractivity contribution is 5.32. The number of hydrogen-bond acceptors (Lipinski definition) is 2. The molecule has 0 saturated heterocycles. The third kappa shape index (κ3) is 2.20. The van der Waals surface area contributed by atoms with Crippen LogP contribution in [-0.2, 0) is 6.42 Å². The molecule has 78 valence electrons. The van der Waals surface area contributed by atoms with Gasteiger partial charge in [-0.1, -0.05) is 6.07 Å². The molecule has 0 aromatic heterocycles. The van der Waals surface area contributed by atoms with Gasteiger partial charge in [-0.3, -0.25) is 0 Å². The lowest BCUT2D eigenvalue weighted by Crippen LogP contribution is -2.11. The maximum atomic E-state index is 13.5. The van der Waals surface area contributed by atoms with E-state index in [9.17, 15) is 8.78 Å². The molecule has 0 radical (unpaired) electrons. The van der Waals surface area contributed by atoms with Gasteiger partial charge in [-0.05, 0) is 31.6 Å². The van der Waals surface area contributed by atoms with Gasteiger partial charge in [-0.15, -0.1) is 0 Å². The van der Waals surface area contributed by atoms with Gasteiger partial charge in [0.2, 0.25) is 0 Å². The second-order valence-electron chi connectivity index (χ2n) is 2.91. The molecule has 0 heterocycles. The van der Waals surface area contributed by atoms with Crippen LogP contribution in [0.5, 0.6) is 5.75 Å². The van der Waals surface area contributed by atoms with E-state index in [2.05, 4.69) is 10.1 Å². The molecule has 0 atom stereocenters. The van der Waals surface area contributed by atoms with E-state index in [1.807, 2.05) is 0 Å². The normalized spacial score (nSPS) is 10.3. The van der Waals surface area contributed by atoms with E-state index in [4.69, 9.17) is 0 Å². The third-order valence-electron chi connectivity index (χ3n) is 1.98. The second-order valence-corrected chi connectivity index (χ2v) is 2.91. The van der Waals surface area contributed by atoms with E-state index in [-0.39, 0.29) is 5.75 Å². The quantitative estimate of drug-likeness (QED) is 0.801. The van der Waals surface area contributed by atoms with Crippen LogP contribution in [0.1, 0.15) is 5.56 Å². The molecule has 0 amide bonds. The zero-order valence-corrected chi connectivity index (χ0v) is 8.23. The van der Waals surface area contributed by atoms with E-state index in [0.29, 0.717) is 18.5 Å². The van der Waals surface area contributed by atoms with E-state index >= 15 is 0 Å². The molecule has 14 heavy (non-hydrogen) atoms. The van der Waals surface area contributed by atoms with Gasteiger partial charge >= 0.3 is 0 Å². The van der Waals surface area contributed by atoms with Gasteiger partial charge in [-0.2, -0.15) is 0 Å². The molecule has 0 saturated carbocycles. The lowest BCUT2D eigenvalue weighted by Gasteiger charge is -2.07. The van der Waals surface area contributed by atoms with Crippen molar-refractivity contribution < 1.29 is 13.5 Å². The highest BCUT2D eigenvalue weighted by Crippen LogP contribution is 2.24. The van der Waals surface area contributed by atoms with Crippen molar-refractivity contribution in [3.05, 3.63) is 29.3 Å². The number of likely N-dealkylation sites (N-methyl/N-ethyl adjacent to an activating group) is 1. The summed E-state index contributed by atoms with van der Waals surface area (Å²) in [5, 5.41) is 2.89. The average molecular weight is 201 g/mol. The largest absolute Gasteiger partial charge is 0.491 e. The van der Waals surface area contributed by atoms with Crippen LogP contribution in [0.4, 0.5) is 8.78 Å². The fourth-order valence-electron chi connectivity index (χ4n) is 1.21. The van der Waals surface area contributed by atoms with Crippen molar-refractivity contribution in [2.75, 3.05) is 20.7 Å². The third-order valence-corrected chi connectivity index (χ3v) is 1.98. The minimum Gasteiger partial charge on any atom is -0.491 e. The van der Waals surface area contributed by atoms with E-state index in [0.717, 1.165) is 0 Å². The number of benzene rings is 1. The van der Waals surface area contributed by atoms with Crippen molar-refractivity contribution in [3.63, 3.8) is 0 Å². The van der Waals surface area contributed by atoms with Gasteiger partial charge in [0.15, 0.2) is 17.4 Å². The predicted octanol–water partition coefficient (Wildman–Crippen LogP) is 1.74. The first-order valence-electron chi connectivity index (χ1n) is 4.36. The summed E-state index contributed by atoms with van der Waals surface area (Å²) < 4.78 is 31.1. The van der Waals surface area contributed by atoms with Crippen molar-refractivity contribution in [2.45, 2.75) is 6.42 Å². The number of ether oxygens (including phenoxy) is 1. The van der Waals surface area contributed by atoms with Crippen molar-refractivity contribution in [1.29, 1.82) is 0 Å². The monoisotopic (exact) mass is 201 g/mol. The Kier molecular flexibility index (Phi) is 3.83. The molecule has 0 aliphatic heterocycles. The van der Waals surface area contributed by atoms with Crippen molar-refractivity contribution in [2.24, 2.45) is 0 Å². The molecule has 0 spiro atoms. The highest BCUT2D eigenvalue weighted by Gasteiger charge is 2.13. The number of methoxy groups -OCH3 is 1. The van der Waals surface area contributed by atoms with Crippen molar-refractivity contribution in [1.82, 2.24) is 5.32 Å². The maximum absolute atomic E-state index is 13.5. The smallest absolute Gasteiger partial charge is 0.190 e. The summed E-state index contributed by atoms with van der Waals surface area (Å²) in [6.07, 6.45) is 0.513. The van der Waals surface area contributed by atoms with Gasteiger partial charge < -0.3 is 10.1 Å². The fraction of sp³-hybridized carbons (Fsp3) is 0.400. The number of halogens is 2. The standard InChI is InChI=1S/C10H13F2NO/c1-13-6-5-7-3-4-8(11)10(14-2)9(7)12/h3-4,13H,5-6H2,1-2H3. The first-order chi connectivity index (χ1) is 6.70. The Morgan fingerprint density at radius 3 is 2.64 bits per heavy atom. The van der Waals surface area contributed by atoms with Crippen LogP contribution < -0.4 is 10.1 Å². The second kappa shape index (κ2) is 4.91. The lowest BCUT2D eigenvalue weighted by molar-refractivity contribution is 0.357. The SMILES string of the molecule is CNCCc1ccc(F)c(OC)c1F. The van der Waals surface area contributed by atoms with Crippen LogP contribution in [0.3, 0.4) is 0 Å². The van der Waals surface area contributed by atoms with Gasteiger partial charge in [0.25, 0.3) is 0 Å². The molecule has 1 rings (SSSR count). The van der Waals surface area contributed by atoms with Crippen LogP contribution in [0, 0.1) is 11.6 Å². The Balaban J connectivity index is 2.96. The number of rotatable bonds is 4. The van der Waals surface area contributed by atoms with Gasteiger partial charge in [-0.25, -0.2) is 8.78 Å². The summed E-state index contributed by atoms with van der Waals surface area (Å²) in [5.74, 6) is -1.58. The molecule has 1 aromatic carbocycles. The van der Waals surface area contributed by atoms with Gasteiger partial charge in [0.05, 0.1) is 7.11 Å². The molecule has 1 N–H and O–H groups in total. The predicted molar refractivity (Wildman–Crippen MR) is 50.5 cm³/mol. The fourth-order valence-corrected chi connectivity index (χ4v) is 1.21. The average Bonchev–Trinajstić information content (AvgIpc) is 2.18. The summed E-state index contributed by atoms with van der Waals surface area (Å²) in [4.78, 5) is 0. The Hall–Kier alpha value is -1.16. The van der Waals surface area contributed by atoms with Crippen molar-refractivity contribution >= 4 is 0 Å². The van der Waals surface area contributed by atoms with Crippen molar-refractivity contribution in [3.8, 4) is 5.75 Å². The van der Waals surface area contributed by atoms with Crippen LogP contribution in [-0.4, -0.2) is 20.7 Å². The zero-order chi connectivity index (χ0) is 10.6. The lowest BCUT2D eigenvalue weighted by atomic mass is 10.1. The molecular weight excluding hydrogens is 188 g/mol. The van der Waals surface area contributed by atoms with Crippen LogP contribution in [0.2, 0.25) is 0 Å². The number of nitrogens with one attached hydrogen (secondary N) is 1. The Labute approximate surface area is 81.9 Å². The maximum Gasteiger partial charge on any atom is 0.190 e. The molecule has 0 unspecified atom stereocenters. The molecule has 0 fully saturated rings. The Morgan fingerprint density at radius 2 is 2.07 bits per heavy atom. The summed E-state index contributed by atoms with van der Waals surface area (Å²) in [6, 6.07) is 2.65. The van der Waals surface area contributed by atoms with Crippen LogP contribution in [0.15, 0.2) is 12.1 Å². The minimum absolute atomic E-state index is 0.307. The van der Waals surface area contributed by atoms with E-state index < -0.39 is 11.6 Å². The topological polar surface area (TPSA) is 21.3 Å². The first-order valence-corrected chi connectivity index (χ1v) is 4.36. The number of hydrogen-bond donors (Lipinski definition) is 1. The molecule has 4 heteroatoms.